The van der Waals surface area contributed by atoms with Crippen LogP contribution in [0.15, 0.2) is 42.5 Å². The molecule has 0 aliphatic carbocycles. The summed E-state index contributed by atoms with van der Waals surface area (Å²) < 4.78 is 0. The number of rotatable bonds is 3. The maximum atomic E-state index is 12.3. The van der Waals surface area contributed by atoms with E-state index < -0.39 is 12.1 Å². The number of carbonyl (C=O) groups excluding carboxylic acids is 1. The van der Waals surface area contributed by atoms with Gasteiger partial charge in [0, 0.05) is 13.1 Å². The third-order valence-electron chi connectivity index (χ3n) is 4.19. The molecule has 2 aromatic carbocycles. The second-order valence-electron chi connectivity index (χ2n) is 5.57. The maximum Gasteiger partial charge on any atom is 0.242 e. The monoisotopic (exact) mass is 284 g/mol. The van der Waals surface area contributed by atoms with Crippen LogP contribution in [-0.2, 0) is 4.79 Å². The van der Waals surface area contributed by atoms with E-state index in [4.69, 9.17) is 5.73 Å². The summed E-state index contributed by atoms with van der Waals surface area (Å²) in [5.74, 6) is -0.159. The number of amides is 1. The van der Waals surface area contributed by atoms with Crippen LogP contribution >= 0.6 is 0 Å². The molecule has 0 aromatic heterocycles. The Morgan fingerprint density at radius 3 is 2.52 bits per heavy atom. The highest BCUT2D eigenvalue weighted by molar-refractivity contribution is 5.88. The minimum Gasteiger partial charge on any atom is -0.386 e. The highest BCUT2D eigenvalue weighted by atomic mass is 16.3. The van der Waals surface area contributed by atoms with Gasteiger partial charge in [0.25, 0.3) is 0 Å². The van der Waals surface area contributed by atoms with Crippen molar-refractivity contribution in [3.05, 3.63) is 48.0 Å². The fourth-order valence-electron chi connectivity index (χ4n) is 2.99. The van der Waals surface area contributed by atoms with Gasteiger partial charge in [-0.15, -0.1) is 0 Å². The number of aliphatic hydroxyl groups is 1. The van der Waals surface area contributed by atoms with Crippen LogP contribution in [-0.4, -0.2) is 35.0 Å². The zero-order valence-electron chi connectivity index (χ0n) is 11.9. The summed E-state index contributed by atoms with van der Waals surface area (Å²) in [7, 11) is 0. The molecule has 1 aliphatic heterocycles. The third-order valence-corrected chi connectivity index (χ3v) is 4.19. The van der Waals surface area contributed by atoms with Gasteiger partial charge in [-0.3, -0.25) is 4.79 Å². The van der Waals surface area contributed by atoms with Gasteiger partial charge in [0.05, 0.1) is 0 Å². The number of fused-ring (bicyclic) bond motifs is 1. The van der Waals surface area contributed by atoms with Crippen molar-refractivity contribution in [3.63, 3.8) is 0 Å². The van der Waals surface area contributed by atoms with Crippen LogP contribution in [0.1, 0.15) is 24.5 Å². The normalized spacial score (nSPS) is 17.9. The lowest BCUT2D eigenvalue weighted by atomic mass is 9.96. The van der Waals surface area contributed by atoms with Gasteiger partial charge in [0.2, 0.25) is 5.91 Å². The lowest BCUT2D eigenvalue weighted by Gasteiger charge is -2.24. The Morgan fingerprint density at radius 2 is 1.76 bits per heavy atom. The molecule has 1 amide bonds. The van der Waals surface area contributed by atoms with Crippen LogP contribution in [0.2, 0.25) is 0 Å². The average Bonchev–Trinajstić information content (AvgIpc) is 3.06. The van der Waals surface area contributed by atoms with Crippen molar-refractivity contribution in [3.8, 4) is 0 Å². The molecular weight excluding hydrogens is 264 g/mol. The molecule has 1 heterocycles. The largest absolute Gasteiger partial charge is 0.386 e. The van der Waals surface area contributed by atoms with E-state index in [-0.39, 0.29) is 5.91 Å². The van der Waals surface area contributed by atoms with Crippen molar-refractivity contribution in [2.45, 2.75) is 25.0 Å². The topological polar surface area (TPSA) is 66.6 Å². The molecule has 0 radical (unpaired) electrons. The molecule has 3 rings (SSSR count). The SMILES string of the molecule is NC(C(=O)N1CCCC1)C(O)c1cccc2ccccc12. The summed E-state index contributed by atoms with van der Waals surface area (Å²) in [5.41, 5.74) is 6.74. The molecule has 2 atom stereocenters. The summed E-state index contributed by atoms with van der Waals surface area (Å²) in [5, 5.41) is 12.5. The van der Waals surface area contributed by atoms with Crippen LogP contribution < -0.4 is 5.73 Å². The van der Waals surface area contributed by atoms with Gasteiger partial charge >= 0.3 is 0 Å². The van der Waals surface area contributed by atoms with Crippen LogP contribution in [0.4, 0.5) is 0 Å². The van der Waals surface area contributed by atoms with Crippen LogP contribution in [0.5, 0.6) is 0 Å². The number of nitrogens with zero attached hydrogens (tertiary/aromatic N) is 1. The minimum absolute atomic E-state index is 0.159. The van der Waals surface area contributed by atoms with Gasteiger partial charge in [-0.05, 0) is 29.2 Å². The van der Waals surface area contributed by atoms with Gasteiger partial charge < -0.3 is 15.7 Å². The second-order valence-corrected chi connectivity index (χ2v) is 5.57. The van der Waals surface area contributed by atoms with E-state index in [2.05, 4.69) is 0 Å². The van der Waals surface area contributed by atoms with E-state index in [1.165, 1.54) is 0 Å². The first kappa shape index (κ1) is 14.0. The summed E-state index contributed by atoms with van der Waals surface area (Å²) in [6.07, 6.45) is 1.05. The second kappa shape index (κ2) is 5.84. The van der Waals surface area contributed by atoms with Crippen molar-refractivity contribution in [1.29, 1.82) is 0 Å². The number of benzene rings is 2. The van der Waals surface area contributed by atoms with Gasteiger partial charge in [0.15, 0.2) is 0 Å². The first-order valence-electron chi connectivity index (χ1n) is 7.38. The molecule has 1 saturated heterocycles. The van der Waals surface area contributed by atoms with Crippen LogP contribution in [0.3, 0.4) is 0 Å². The molecule has 0 bridgehead atoms. The Kier molecular flexibility index (Phi) is 3.90. The Morgan fingerprint density at radius 1 is 1.10 bits per heavy atom. The van der Waals surface area contributed by atoms with E-state index in [1.54, 1.807) is 4.90 Å². The van der Waals surface area contributed by atoms with Gasteiger partial charge in [0.1, 0.15) is 12.1 Å². The number of hydrogen-bond donors (Lipinski definition) is 2. The average molecular weight is 284 g/mol. The molecule has 4 heteroatoms. The lowest BCUT2D eigenvalue weighted by molar-refractivity contribution is -0.134. The smallest absolute Gasteiger partial charge is 0.242 e. The molecule has 2 aromatic rings. The standard InChI is InChI=1S/C17H20N2O2/c18-15(17(21)19-10-3-4-11-19)16(20)14-9-5-7-12-6-1-2-8-13(12)14/h1-2,5-9,15-16,20H,3-4,10-11,18H2. The first-order chi connectivity index (χ1) is 10.2. The lowest BCUT2D eigenvalue weighted by Crippen LogP contribution is -2.45. The molecule has 0 spiro atoms. The van der Waals surface area contributed by atoms with E-state index in [1.807, 2.05) is 42.5 Å². The zero-order valence-corrected chi connectivity index (χ0v) is 11.9. The fraction of sp³-hybridized carbons (Fsp3) is 0.353. The molecule has 1 fully saturated rings. The van der Waals surface area contributed by atoms with Crippen molar-refractivity contribution < 1.29 is 9.90 Å². The van der Waals surface area contributed by atoms with Gasteiger partial charge in [-0.2, -0.15) is 0 Å². The van der Waals surface area contributed by atoms with Crippen molar-refractivity contribution in [1.82, 2.24) is 4.90 Å². The Balaban J connectivity index is 1.89. The molecule has 110 valence electrons. The predicted molar refractivity (Wildman–Crippen MR) is 82.7 cm³/mol. The molecule has 0 saturated carbocycles. The molecule has 4 nitrogen and oxygen atoms in total. The summed E-state index contributed by atoms with van der Waals surface area (Å²) in [4.78, 5) is 14.1. The molecule has 1 aliphatic rings. The van der Waals surface area contributed by atoms with E-state index in [9.17, 15) is 9.90 Å². The van der Waals surface area contributed by atoms with Crippen LogP contribution in [0, 0.1) is 0 Å². The van der Waals surface area contributed by atoms with E-state index in [0.29, 0.717) is 5.56 Å². The Hall–Kier alpha value is -1.91. The third kappa shape index (κ3) is 2.64. The summed E-state index contributed by atoms with van der Waals surface area (Å²) in [6, 6.07) is 12.6. The molecular formula is C17H20N2O2. The first-order valence-corrected chi connectivity index (χ1v) is 7.38. The van der Waals surface area contributed by atoms with Gasteiger partial charge in [-0.1, -0.05) is 42.5 Å². The molecule has 3 N–H and O–H groups in total. The fourth-order valence-corrected chi connectivity index (χ4v) is 2.99. The van der Waals surface area contributed by atoms with Crippen LogP contribution in [0.25, 0.3) is 10.8 Å². The van der Waals surface area contributed by atoms with E-state index in [0.717, 1.165) is 36.7 Å². The highest BCUT2D eigenvalue weighted by Crippen LogP contribution is 2.26. The predicted octanol–water partition coefficient (Wildman–Crippen LogP) is 1.82. The Bertz CT molecular complexity index is 645. The van der Waals surface area contributed by atoms with Crippen molar-refractivity contribution in [2.75, 3.05) is 13.1 Å². The zero-order chi connectivity index (χ0) is 14.8. The number of carbonyl (C=O) groups is 1. The number of hydrogen-bond acceptors (Lipinski definition) is 3. The number of likely N-dealkylation sites (tertiary alicyclic amines) is 1. The maximum absolute atomic E-state index is 12.3. The van der Waals surface area contributed by atoms with Crippen molar-refractivity contribution in [2.24, 2.45) is 5.73 Å². The van der Waals surface area contributed by atoms with E-state index >= 15 is 0 Å². The molecule has 2 unspecified atom stereocenters. The summed E-state index contributed by atoms with van der Waals surface area (Å²) in [6.45, 7) is 1.49. The Labute approximate surface area is 124 Å². The minimum atomic E-state index is -0.982. The number of aliphatic hydroxyl groups excluding tert-OH is 1. The van der Waals surface area contributed by atoms with Gasteiger partial charge in [-0.25, -0.2) is 0 Å². The quantitative estimate of drug-likeness (QED) is 0.903. The summed E-state index contributed by atoms with van der Waals surface area (Å²) >= 11 is 0. The van der Waals surface area contributed by atoms with Crippen molar-refractivity contribution >= 4 is 16.7 Å². The highest BCUT2D eigenvalue weighted by Gasteiger charge is 2.30. The molecule has 21 heavy (non-hydrogen) atoms. The number of nitrogens with two attached hydrogens (primary N) is 1.